The molecule has 4 heteroatoms. The maximum Gasteiger partial charge on any atom is 0.0991 e. The van der Waals surface area contributed by atoms with E-state index in [0.29, 0.717) is 10.6 Å². The van der Waals surface area contributed by atoms with Gasteiger partial charge in [-0.3, -0.25) is 0 Å². The topological polar surface area (TPSA) is 23.8 Å². The van der Waals surface area contributed by atoms with Gasteiger partial charge in [0, 0.05) is 0 Å². The first kappa shape index (κ1) is 11.0. The van der Waals surface area contributed by atoms with Crippen molar-refractivity contribution in [2.75, 3.05) is 0 Å². The molecular formula is C9H4BrClIN. The zero-order chi connectivity index (χ0) is 9.84. The molecule has 0 unspecified atom stereocenters. The SMILES string of the molecule is N#Cc1ccc(/C(Cl)=C(/Br)I)cc1. The van der Waals surface area contributed by atoms with Gasteiger partial charge < -0.3 is 0 Å². The Hall–Kier alpha value is -0.0500. The number of halogens is 3. The lowest BCUT2D eigenvalue weighted by molar-refractivity contribution is 1.48. The second-order valence-electron chi connectivity index (χ2n) is 2.26. The molecule has 1 rings (SSSR count). The zero-order valence-electron chi connectivity index (χ0n) is 6.39. The molecule has 0 aliphatic carbocycles. The molecule has 0 fully saturated rings. The molecule has 1 aromatic rings. The van der Waals surface area contributed by atoms with Gasteiger partial charge in [0.25, 0.3) is 0 Å². The smallest absolute Gasteiger partial charge is 0.0991 e. The van der Waals surface area contributed by atoms with Crippen molar-refractivity contribution < 1.29 is 0 Å². The molecule has 0 amide bonds. The van der Waals surface area contributed by atoms with Crippen molar-refractivity contribution in [3.63, 3.8) is 0 Å². The van der Waals surface area contributed by atoms with Crippen molar-refractivity contribution in [1.29, 1.82) is 5.26 Å². The van der Waals surface area contributed by atoms with E-state index in [0.717, 1.165) is 8.05 Å². The van der Waals surface area contributed by atoms with Crippen LogP contribution in [0.3, 0.4) is 0 Å². The molecule has 0 atom stereocenters. The van der Waals surface area contributed by atoms with Crippen LogP contribution in [0.15, 0.2) is 26.8 Å². The Labute approximate surface area is 104 Å². The highest BCUT2D eigenvalue weighted by atomic mass is 127. The summed E-state index contributed by atoms with van der Waals surface area (Å²) in [6.07, 6.45) is 0. The Balaban J connectivity index is 3.08. The van der Waals surface area contributed by atoms with E-state index in [1.807, 2.05) is 18.2 Å². The van der Waals surface area contributed by atoms with Gasteiger partial charge in [-0.05, 0) is 56.2 Å². The third kappa shape index (κ3) is 2.97. The lowest BCUT2D eigenvalue weighted by Crippen LogP contribution is -1.78. The van der Waals surface area contributed by atoms with Crippen LogP contribution in [-0.2, 0) is 0 Å². The van der Waals surface area contributed by atoms with Gasteiger partial charge in [-0.1, -0.05) is 23.7 Å². The van der Waals surface area contributed by atoms with Gasteiger partial charge in [0.1, 0.15) is 0 Å². The molecule has 0 heterocycles. The van der Waals surface area contributed by atoms with Crippen LogP contribution in [0, 0.1) is 11.3 Å². The first-order chi connectivity index (χ1) is 6.15. The van der Waals surface area contributed by atoms with E-state index in [1.165, 1.54) is 0 Å². The number of benzene rings is 1. The van der Waals surface area contributed by atoms with E-state index in [-0.39, 0.29) is 0 Å². The Morgan fingerprint density at radius 2 is 1.92 bits per heavy atom. The second kappa shape index (κ2) is 4.99. The van der Waals surface area contributed by atoms with E-state index >= 15 is 0 Å². The van der Waals surface area contributed by atoms with E-state index in [9.17, 15) is 0 Å². The van der Waals surface area contributed by atoms with Crippen LogP contribution in [0.4, 0.5) is 0 Å². The predicted octanol–water partition coefficient (Wildman–Crippen LogP) is 4.25. The molecule has 0 aliphatic heterocycles. The van der Waals surface area contributed by atoms with Crippen molar-refractivity contribution in [3.8, 4) is 6.07 Å². The molecule has 0 spiro atoms. The molecule has 0 radical (unpaired) electrons. The normalized spacial score (nSPS) is 11.8. The Kier molecular flexibility index (Phi) is 4.23. The number of hydrogen-bond acceptors (Lipinski definition) is 1. The van der Waals surface area contributed by atoms with Crippen LogP contribution >= 0.6 is 50.1 Å². The summed E-state index contributed by atoms with van der Waals surface area (Å²) < 4.78 is 0.858. The van der Waals surface area contributed by atoms with Gasteiger partial charge in [-0.15, -0.1) is 0 Å². The third-order valence-corrected chi connectivity index (χ3v) is 3.32. The molecule has 66 valence electrons. The average molecular weight is 368 g/mol. The Bertz CT molecular complexity index is 374. The Morgan fingerprint density at radius 3 is 2.31 bits per heavy atom. The largest absolute Gasteiger partial charge is 0.192 e. The number of nitrogens with zero attached hydrogens (tertiary/aromatic N) is 1. The summed E-state index contributed by atoms with van der Waals surface area (Å²) in [5.41, 5.74) is 1.54. The molecule has 13 heavy (non-hydrogen) atoms. The summed E-state index contributed by atoms with van der Waals surface area (Å²) in [6.45, 7) is 0. The summed E-state index contributed by atoms with van der Waals surface area (Å²) >= 11 is 11.3. The molecule has 0 aromatic heterocycles. The Morgan fingerprint density at radius 1 is 1.38 bits per heavy atom. The summed E-state index contributed by atoms with van der Waals surface area (Å²) in [7, 11) is 0. The maximum atomic E-state index is 8.57. The van der Waals surface area contributed by atoms with Crippen LogP contribution in [0.1, 0.15) is 11.1 Å². The van der Waals surface area contributed by atoms with Crippen molar-refractivity contribution >= 4 is 55.2 Å². The highest BCUT2D eigenvalue weighted by molar-refractivity contribution is 14.1. The van der Waals surface area contributed by atoms with Crippen LogP contribution in [0.5, 0.6) is 0 Å². The molecule has 0 saturated carbocycles. The third-order valence-electron chi connectivity index (χ3n) is 1.43. The van der Waals surface area contributed by atoms with Crippen molar-refractivity contribution in [1.82, 2.24) is 0 Å². The van der Waals surface area contributed by atoms with E-state index in [1.54, 1.807) is 12.1 Å². The van der Waals surface area contributed by atoms with Crippen LogP contribution < -0.4 is 0 Å². The molecule has 0 bridgehead atoms. The predicted molar refractivity (Wildman–Crippen MR) is 66.9 cm³/mol. The number of hydrogen-bond donors (Lipinski definition) is 0. The van der Waals surface area contributed by atoms with Crippen LogP contribution in [0.2, 0.25) is 0 Å². The van der Waals surface area contributed by atoms with Crippen molar-refractivity contribution in [2.45, 2.75) is 0 Å². The first-order valence-electron chi connectivity index (χ1n) is 3.36. The van der Waals surface area contributed by atoms with Gasteiger partial charge in [-0.25, -0.2) is 0 Å². The number of rotatable bonds is 1. The first-order valence-corrected chi connectivity index (χ1v) is 5.61. The molecule has 0 aliphatic rings. The number of nitriles is 1. The highest BCUT2D eigenvalue weighted by Gasteiger charge is 2.01. The summed E-state index contributed by atoms with van der Waals surface area (Å²) in [6, 6.07) is 9.17. The summed E-state index contributed by atoms with van der Waals surface area (Å²) in [5.74, 6) is 0. The molecule has 0 saturated heterocycles. The fraction of sp³-hybridized carbons (Fsp3) is 0. The summed E-state index contributed by atoms with van der Waals surface area (Å²) in [5, 5.41) is 9.23. The van der Waals surface area contributed by atoms with Gasteiger partial charge in [0.2, 0.25) is 0 Å². The monoisotopic (exact) mass is 367 g/mol. The standard InChI is InChI=1S/C9H4BrClIN/c10-9(12)8(11)7-3-1-6(5-13)2-4-7/h1-4H/b9-8+. The van der Waals surface area contributed by atoms with Crippen molar-refractivity contribution in [3.05, 3.63) is 37.9 Å². The molecule has 1 nitrogen and oxygen atoms in total. The lowest BCUT2D eigenvalue weighted by Gasteiger charge is -1.98. The van der Waals surface area contributed by atoms with Gasteiger partial charge in [0.15, 0.2) is 0 Å². The minimum Gasteiger partial charge on any atom is -0.192 e. The lowest BCUT2D eigenvalue weighted by atomic mass is 10.1. The fourth-order valence-electron chi connectivity index (χ4n) is 0.800. The maximum absolute atomic E-state index is 8.57. The zero-order valence-corrected chi connectivity index (χ0v) is 10.9. The van der Waals surface area contributed by atoms with Gasteiger partial charge >= 0.3 is 0 Å². The van der Waals surface area contributed by atoms with Crippen LogP contribution in [-0.4, -0.2) is 0 Å². The molecular weight excluding hydrogens is 364 g/mol. The highest BCUT2D eigenvalue weighted by Crippen LogP contribution is 2.30. The minimum atomic E-state index is 0.637. The quantitative estimate of drug-likeness (QED) is 0.680. The van der Waals surface area contributed by atoms with E-state index in [4.69, 9.17) is 16.9 Å². The molecule has 0 N–H and O–H groups in total. The average Bonchev–Trinajstić information content (AvgIpc) is 2.17. The van der Waals surface area contributed by atoms with Gasteiger partial charge in [-0.2, -0.15) is 5.26 Å². The minimum absolute atomic E-state index is 0.637. The van der Waals surface area contributed by atoms with Crippen molar-refractivity contribution in [2.24, 2.45) is 0 Å². The fourth-order valence-corrected chi connectivity index (χ4v) is 1.47. The summed E-state index contributed by atoms with van der Waals surface area (Å²) in [4.78, 5) is 0. The van der Waals surface area contributed by atoms with Gasteiger partial charge in [0.05, 0.1) is 19.2 Å². The second-order valence-corrected chi connectivity index (χ2v) is 6.00. The van der Waals surface area contributed by atoms with E-state index < -0.39 is 0 Å². The van der Waals surface area contributed by atoms with Crippen LogP contribution in [0.25, 0.3) is 5.03 Å². The van der Waals surface area contributed by atoms with E-state index in [2.05, 4.69) is 38.5 Å². The molecule has 1 aromatic carbocycles.